The molecule has 22 heavy (non-hydrogen) atoms. The van der Waals surface area contributed by atoms with Crippen LogP contribution in [0.2, 0.25) is 0 Å². The summed E-state index contributed by atoms with van der Waals surface area (Å²) in [5.74, 6) is -0.00169. The first-order valence-corrected chi connectivity index (χ1v) is 7.90. The molecular weight excluding hydrogens is 278 g/mol. The van der Waals surface area contributed by atoms with Crippen molar-refractivity contribution in [3.63, 3.8) is 0 Å². The van der Waals surface area contributed by atoms with Crippen molar-refractivity contribution in [2.75, 3.05) is 32.8 Å². The maximum Gasteiger partial charge on any atom is 0.253 e. The molecule has 2 aromatic rings. The van der Waals surface area contributed by atoms with Crippen LogP contribution in [0.3, 0.4) is 0 Å². The van der Waals surface area contributed by atoms with E-state index in [0.717, 1.165) is 44.8 Å². The van der Waals surface area contributed by atoms with Crippen molar-refractivity contribution < 1.29 is 9.53 Å². The molecule has 1 saturated heterocycles. The summed E-state index contributed by atoms with van der Waals surface area (Å²) in [5.41, 5.74) is 1.75. The Bertz CT molecular complexity index is 599. The van der Waals surface area contributed by atoms with Gasteiger partial charge in [0.25, 0.3) is 5.91 Å². The van der Waals surface area contributed by atoms with Gasteiger partial charge in [-0.15, -0.1) is 0 Å². The van der Waals surface area contributed by atoms with Crippen LogP contribution in [-0.4, -0.2) is 54.1 Å². The standard InChI is InChI=1S/C17H23N3O2/c1-14(5-7-19-8-10-22-11-9-19)18-17(21)15-12-16-4-2-3-6-20(16)13-15/h2-4,6,12-14H,5,7-11H2,1H3,(H,18,21). The van der Waals surface area contributed by atoms with Gasteiger partial charge in [0.1, 0.15) is 0 Å². The number of fused-ring (bicyclic) bond motifs is 1. The van der Waals surface area contributed by atoms with Gasteiger partial charge in [-0.2, -0.15) is 0 Å². The number of nitrogens with zero attached hydrogens (tertiary/aromatic N) is 2. The van der Waals surface area contributed by atoms with E-state index >= 15 is 0 Å². The number of hydrogen-bond acceptors (Lipinski definition) is 3. The monoisotopic (exact) mass is 301 g/mol. The lowest BCUT2D eigenvalue weighted by Gasteiger charge is -2.27. The fourth-order valence-corrected chi connectivity index (χ4v) is 2.76. The first-order valence-electron chi connectivity index (χ1n) is 7.90. The molecule has 3 rings (SSSR count). The SMILES string of the molecule is CC(CCN1CCOCC1)NC(=O)c1cc2ccccn2c1. The zero-order valence-corrected chi connectivity index (χ0v) is 13.0. The minimum absolute atomic E-state index is 0.00169. The lowest BCUT2D eigenvalue weighted by Crippen LogP contribution is -2.40. The molecule has 0 saturated carbocycles. The van der Waals surface area contributed by atoms with Crippen LogP contribution in [0, 0.1) is 0 Å². The van der Waals surface area contributed by atoms with Gasteiger partial charge >= 0.3 is 0 Å². The van der Waals surface area contributed by atoms with E-state index in [4.69, 9.17) is 4.74 Å². The second-order valence-corrected chi connectivity index (χ2v) is 5.88. The number of carbonyl (C=O) groups is 1. The molecule has 2 aromatic heterocycles. The Morgan fingerprint density at radius 1 is 1.36 bits per heavy atom. The molecule has 118 valence electrons. The van der Waals surface area contributed by atoms with E-state index in [9.17, 15) is 4.79 Å². The van der Waals surface area contributed by atoms with E-state index in [-0.39, 0.29) is 11.9 Å². The van der Waals surface area contributed by atoms with Crippen molar-refractivity contribution in [3.05, 3.63) is 42.2 Å². The quantitative estimate of drug-likeness (QED) is 0.915. The van der Waals surface area contributed by atoms with Crippen molar-refractivity contribution >= 4 is 11.4 Å². The van der Waals surface area contributed by atoms with Gasteiger partial charge in [-0.1, -0.05) is 6.07 Å². The Hall–Kier alpha value is -1.85. The summed E-state index contributed by atoms with van der Waals surface area (Å²) in [5, 5.41) is 3.09. The van der Waals surface area contributed by atoms with Gasteiger partial charge in [0, 0.05) is 43.6 Å². The number of ether oxygens (including phenoxy) is 1. The largest absolute Gasteiger partial charge is 0.379 e. The average Bonchev–Trinajstić information content (AvgIpc) is 2.98. The molecular formula is C17H23N3O2. The Labute approximate surface area is 130 Å². The highest BCUT2D eigenvalue weighted by Gasteiger charge is 2.14. The van der Waals surface area contributed by atoms with Crippen molar-refractivity contribution in [1.82, 2.24) is 14.6 Å². The molecule has 0 bridgehead atoms. The number of carbonyl (C=O) groups excluding carboxylic acids is 1. The van der Waals surface area contributed by atoms with Crippen LogP contribution >= 0.6 is 0 Å². The minimum atomic E-state index is -0.00169. The first-order chi connectivity index (χ1) is 10.7. The van der Waals surface area contributed by atoms with Gasteiger partial charge in [0.15, 0.2) is 0 Å². The summed E-state index contributed by atoms with van der Waals surface area (Å²) in [6, 6.07) is 8.02. The minimum Gasteiger partial charge on any atom is -0.379 e. The van der Waals surface area contributed by atoms with E-state index in [1.165, 1.54) is 0 Å². The van der Waals surface area contributed by atoms with Gasteiger partial charge in [0.05, 0.1) is 18.8 Å². The van der Waals surface area contributed by atoms with Crippen molar-refractivity contribution in [1.29, 1.82) is 0 Å². The zero-order chi connectivity index (χ0) is 15.4. The number of amides is 1. The molecule has 1 aliphatic heterocycles. The van der Waals surface area contributed by atoms with Gasteiger partial charge in [-0.3, -0.25) is 9.69 Å². The van der Waals surface area contributed by atoms with E-state index < -0.39 is 0 Å². The van der Waals surface area contributed by atoms with Crippen LogP contribution < -0.4 is 5.32 Å². The van der Waals surface area contributed by atoms with Gasteiger partial charge < -0.3 is 14.5 Å². The second-order valence-electron chi connectivity index (χ2n) is 5.88. The highest BCUT2D eigenvalue weighted by atomic mass is 16.5. The number of morpholine rings is 1. The van der Waals surface area contributed by atoms with Gasteiger partial charge in [0.2, 0.25) is 0 Å². The van der Waals surface area contributed by atoms with Crippen LogP contribution in [-0.2, 0) is 4.74 Å². The van der Waals surface area contributed by atoms with Crippen LogP contribution in [0.4, 0.5) is 0 Å². The molecule has 1 fully saturated rings. The van der Waals surface area contributed by atoms with E-state index in [1.807, 2.05) is 41.1 Å². The molecule has 5 heteroatoms. The van der Waals surface area contributed by atoms with Crippen LogP contribution in [0.25, 0.3) is 5.52 Å². The van der Waals surface area contributed by atoms with Gasteiger partial charge in [-0.05, 0) is 31.5 Å². The summed E-state index contributed by atoms with van der Waals surface area (Å²) in [6.45, 7) is 6.68. The van der Waals surface area contributed by atoms with Crippen molar-refractivity contribution in [2.45, 2.75) is 19.4 Å². The topological polar surface area (TPSA) is 46.0 Å². The fraction of sp³-hybridized carbons (Fsp3) is 0.471. The maximum atomic E-state index is 12.3. The lowest BCUT2D eigenvalue weighted by molar-refractivity contribution is 0.0363. The van der Waals surface area contributed by atoms with Crippen molar-refractivity contribution in [2.24, 2.45) is 0 Å². The van der Waals surface area contributed by atoms with Crippen molar-refractivity contribution in [3.8, 4) is 0 Å². The molecule has 5 nitrogen and oxygen atoms in total. The summed E-state index contributed by atoms with van der Waals surface area (Å²) in [4.78, 5) is 14.7. The number of nitrogens with one attached hydrogen (secondary N) is 1. The predicted molar refractivity (Wildman–Crippen MR) is 86.2 cm³/mol. The summed E-state index contributed by atoms with van der Waals surface area (Å²) in [7, 11) is 0. The number of pyridine rings is 1. The smallest absolute Gasteiger partial charge is 0.253 e. The number of hydrogen-bond donors (Lipinski definition) is 1. The Morgan fingerprint density at radius 3 is 2.95 bits per heavy atom. The van der Waals surface area contributed by atoms with Crippen LogP contribution in [0.15, 0.2) is 36.7 Å². The predicted octanol–water partition coefficient (Wildman–Crippen LogP) is 1.78. The molecule has 0 spiro atoms. The molecule has 1 aliphatic rings. The van der Waals surface area contributed by atoms with E-state index in [0.29, 0.717) is 5.56 Å². The molecule has 0 aliphatic carbocycles. The second kappa shape index (κ2) is 6.94. The average molecular weight is 301 g/mol. The summed E-state index contributed by atoms with van der Waals surface area (Å²) < 4.78 is 7.31. The molecule has 1 amide bonds. The molecule has 0 aromatic carbocycles. The third-order valence-electron chi connectivity index (χ3n) is 4.13. The Morgan fingerprint density at radius 2 is 2.18 bits per heavy atom. The molecule has 1 atom stereocenters. The fourth-order valence-electron chi connectivity index (χ4n) is 2.76. The van der Waals surface area contributed by atoms with E-state index in [2.05, 4.69) is 17.1 Å². The Kier molecular flexibility index (Phi) is 4.75. The lowest BCUT2D eigenvalue weighted by atomic mass is 10.2. The third-order valence-corrected chi connectivity index (χ3v) is 4.13. The zero-order valence-electron chi connectivity index (χ0n) is 13.0. The maximum absolute atomic E-state index is 12.3. The van der Waals surface area contributed by atoms with E-state index in [1.54, 1.807) is 0 Å². The molecule has 1 N–H and O–H groups in total. The normalized spacial score (nSPS) is 17.5. The first kappa shape index (κ1) is 15.1. The third kappa shape index (κ3) is 3.67. The highest BCUT2D eigenvalue weighted by molar-refractivity contribution is 5.95. The molecule has 1 unspecified atom stereocenters. The van der Waals surface area contributed by atoms with Crippen LogP contribution in [0.1, 0.15) is 23.7 Å². The Balaban J connectivity index is 1.51. The summed E-state index contributed by atoms with van der Waals surface area (Å²) >= 11 is 0. The summed E-state index contributed by atoms with van der Waals surface area (Å²) in [6.07, 6.45) is 4.78. The van der Waals surface area contributed by atoms with Crippen LogP contribution in [0.5, 0.6) is 0 Å². The number of aromatic nitrogens is 1. The molecule has 0 radical (unpaired) electrons. The molecule has 3 heterocycles. The highest BCUT2D eigenvalue weighted by Crippen LogP contribution is 2.10. The van der Waals surface area contributed by atoms with Gasteiger partial charge in [-0.25, -0.2) is 0 Å². The number of rotatable bonds is 5.